The van der Waals surface area contributed by atoms with E-state index in [0.717, 1.165) is 16.9 Å². The highest BCUT2D eigenvalue weighted by Crippen LogP contribution is 2.16. The third-order valence-electron chi connectivity index (χ3n) is 3.29. The van der Waals surface area contributed by atoms with Gasteiger partial charge < -0.3 is 15.4 Å². The van der Waals surface area contributed by atoms with Crippen LogP contribution in [-0.2, 0) is 21.8 Å². The zero-order valence-electron chi connectivity index (χ0n) is 14.9. The molecule has 0 radical (unpaired) electrons. The van der Waals surface area contributed by atoms with Gasteiger partial charge in [-0.2, -0.15) is 11.8 Å². The van der Waals surface area contributed by atoms with E-state index >= 15 is 0 Å². The lowest BCUT2D eigenvalue weighted by molar-refractivity contribution is -0.143. The molecule has 0 heterocycles. The lowest BCUT2D eigenvalue weighted by atomic mass is 10.1. The molecule has 8 heteroatoms. The third-order valence-corrected chi connectivity index (χ3v) is 3.89. The highest BCUT2D eigenvalue weighted by atomic mass is 127. The maximum atomic E-state index is 13.4. The van der Waals surface area contributed by atoms with Crippen molar-refractivity contribution in [3.05, 3.63) is 35.1 Å². The smallest absolute Gasteiger partial charge is 0.305 e. The molecule has 0 fully saturated rings. The number of thioether (sulfide) groups is 1. The highest BCUT2D eigenvalue weighted by molar-refractivity contribution is 14.0. The first kappa shape index (κ1) is 24.0. The molecular formula is C17H27FIN3O2S. The summed E-state index contributed by atoms with van der Waals surface area (Å²) < 4.78 is 18.2. The normalized spacial score (nSPS) is 10.8. The summed E-state index contributed by atoms with van der Waals surface area (Å²) in [6, 6.07) is 4.83. The number of carbonyl (C=O) groups excluding carboxylic acids is 1. The van der Waals surface area contributed by atoms with Crippen molar-refractivity contribution in [1.29, 1.82) is 0 Å². The number of nitrogens with zero attached hydrogens (tertiary/aromatic N) is 1. The average molecular weight is 483 g/mol. The van der Waals surface area contributed by atoms with E-state index in [1.165, 1.54) is 6.07 Å². The fraction of sp³-hybridized carbons (Fsp3) is 0.529. The molecule has 0 aliphatic heterocycles. The molecule has 0 amide bonds. The Balaban J connectivity index is 0.00000576. The van der Waals surface area contributed by atoms with E-state index in [1.54, 1.807) is 37.9 Å². The Morgan fingerprint density at radius 3 is 2.72 bits per heavy atom. The summed E-state index contributed by atoms with van der Waals surface area (Å²) in [7, 11) is 1.69. The van der Waals surface area contributed by atoms with Crippen molar-refractivity contribution in [3.63, 3.8) is 0 Å². The molecule has 0 saturated heterocycles. The predicted octanol–water partition coefficient (Wildman–Crippen LogP) is 3.32. The number of benzene rings is 1. The van der Waals surface area contributed by atoms with Gasteiger partial charge in [0.2, 0.25) is 0 Å². The minimum atomic E-state index is -0.218. The number of guanidine groups is 1. The summed E-state index contributed by atoms with van der Waals surface area (Å²) in [5, 5.41) is 6.36. The molecule has 1 aromatic carbocycles. The highest BCUT2D eigenvalue weighted by Gasteiger charge is 2.06. The molecule has 0 atom stereocenters. The first-order valence-corrected chi connectivity index (χ1v) is 9.36. The topological polar surface area (TPSA) is 62.7 Å². The van der Waals surface area contributed by atoms with E-state index < -0.39 is 0 Å². The Labute approximate surface area is 170 Å². The van der Waals surface area contributed by atoms with Gasteiger partial charge in [-0.1, -0.05) is 6.07 Å². The lowest BCUT2D eigenvalue weighted by Gasteiger charge is -2.14. The van der Waals surface area contributed by atoms with Crippen LogP contribution in [0.5, 0.6) is 0 Å². The van der Waals surface area contributed by atoms with Gasteiger partial charge in [0, 0.05) is 32.3 Å². The van der Waals surface area contributed by atoms with Crippen LogP contribution in [0.1, 0.15) is 30.9 Å². The first-order chi connectivity index (χ1) is 11.6. The number of aliphatic imine (C=N–C) groups is 1. The molecule has 1 aromatic rings. The van der Waals surface area contributed by atoms with Crippen LogP contribution in [0.4, 0.5) is 4.39 Å². The van der Waals surface area contributed by atoms with Gasteiger partial charge in [-0.15, -0.1) is 24.0 Å². The Morgan fingerprint density at radius 2 is 2.08 bits per heavy atom. The summed E-state index contributed by atoms with van der Waals surface area (Å²) in [5.74, 6) is 1.01. The van der Waals surface area contributed by atoms with E-state index in [0.29, 0.717) is 38.5 Å². The Bertz CT molecular complexity index is 559. The van der Waals surface area contributed by atoms with Crippen LogP contribution in [0.25, 0.3) is 0 Å². The van der Waals surface area contributed by atoms with Gasteiger partial charge in [-0.25, -0.2) is 4.39 Å². The van der Waals surface area contributed by atoms with Gasteiger partial charge in [0.05, 0.1) is 6.61 Å². The first-order valence-electron chi connectivity index (χ1n) is 7.97. The molecule has 5 nitrogen and oxygen atoms in total. The number of rotatable bonds is 9. The number of esters is 1. The molecular weight excluding hydrogens is 456 g/mol. The van der Waals surface area contributed by atoms with Crippen LogP contribution in [0.3, 0.4) is 0 Å². The molecule has 25 heavy (non-hydrogen) atoms. The number of nitrogens with one attached hydrogen (secondary N) is 2. The predicted molar refractivity (Wildman–Crippen MR) is 113 cm³/mol. The van der Waals surface area contributed by atoms with Gasteiger partial charge in [0.15, 0.2) is 5.96 Å². The third kappa shape index (κ3) is 9.88. The SMILES string of the molecule is CCOC(=O)CCCNC(=NC)NCc1ccc(F)cc1CSC.I. The van der Waals surface area contributed by atoms with Gasteiger partial charge >= 0.3 is 5.97 Å². The van der Waals surface area contributed by atoms with Crippen LogP contribution in [0.2, 0.25) is 0 Å². The number of halogens is 2. The molecule has 0 bridgehead atoms. The number of hydrogen-bond acceptors (Lipinski definition) is 4. The summed E-state index contributed by atoms with van der Waals surface area (Å²) in [6.07, 6.45) is 3.05. The monoisotopic (exact) mass is 483 g/mol. The molecule has 2 N–H and O–H groups in total. The summed E-state index contributed by atoms with van der Waals surface area (Å²) in [5.41, 5.74) is 2.02. The van der Waals surface area contributed by atoms with Crippen LogP contribution in [0.15, 0.2) is 23.2 Å². The molecule has 0 aromatic heterocycles. The fourth-order valence-corrected chi connectivity index (χ4v) is 2.71. The fourth-order valence-electron chi connectivity index (χ4n) is 2.13. The Morgan fingerprint density at radius 1 is 1.32 bits per heavy atom. The zero-order chi connectivity index (χ0) is 17.8. The van der Waals surface area contributed by atoms with Crippen molar-refractivity contribution in [2.24, 2.45) is 4.99 Å². The van der Waals surface area contributed by atoms with Crippen LogP contribution in [-0.4, -0.2) is 38.4 Å². The van der Waals surface area contributed by atoms with Crippen molar-refractivity contribution < 1.29 is 13.9 Å². The molecule has 142 valence electrons. The molecule has 0 aliphatic rings. The Hall–Kier alpha value is -1.03. The van der Waals surface area contributed by atoms with E-state index in [4.69, 9.17) is 4.74 Å². The molecule has 0 unspecified atom stereocenters. The summed E-state index contributed by atoms with van der Waals surface area (Å²) >= 11 is 1.66. The number of carbonyl (C=O) groups is 1. The van der Waals surface area contributed by atoms with Gasteiger partial charge in [-0.05, 0) is 42.9 Å². The van der Waals surface area contributed by atoms with E-state index in [9.17, 15) is 9.18 Å². The largest absolute Gasteiger partial charge is 0.466 e. The molecule has 0 spiro atoms. The van der Waals surface area contributed by atoms with E-state index in [2.05, 4.69) is 15.6 Å². The average Bonchev–Trinajstić information content (AvgIpc) is 2.56. The van der Waals surface area contributed by atoms with Crippen molar-refractivity contribution in [2.45, 2.75) is 32.1 Å². The standard InChI is InChI=1S/C17H26FN3O2S.HI/c1-4-23-16(22)6-5-9-20-17(19-2)21-11-13-7-8-15(18)10-14(13)12-24-3;/h7-8,10H,4-6,9,11-12H2,1-3H3,(H2,19,20,21);1H. The molecule has 0 aliphatic carbocycles. The van der Waals surface area contributed by atoms with E-state index in [1.807, 2.05) is 6.26 Å². The quantitative estimate of drug-likeness (QED) is 0.186. The number of hydrogen-bond donors (Lipinski definition) is 2. The summed E-state index contributed by atoms with van der Waals surface area (Å²) in [6.45, 7) is 3.39. The van der Waals surface area contributed by atoms with Crippen molar-refractivity contribution >= 4 is 47.7 Å². The second-order valence-corrected chi connectivity index (χ2v) is 5.97. The minimum Gasteiger partial charge on any atom is -0.466 e. The van der Waals surface area contributed by atoms with Crippen LogP contribution >= 0.6 is 35.7 Å². The second kappa shape index (κ2) is 14.2. The molecule has 1 rings (SSSR count). The minimum absolute atomic E-state index is 0. The summed E-state index contributed by atoms with van der Waals surface area (Å²) in [4.78, 5) is 15.4. The van der Waals surface area contributed by atoms with Gasteiger partial charge in [-0.3, -0.25) is 9.79 Å². The van der Waals surface area contributed by atoms with Crippen LogP contribution < -0.4 is 10.6 Å². The second-order valence-electron chi connectivity index (χ2n) is 5.11. The Kier molecular flexibility index (Phi) is 13.6. The van der Waals surface area contributed by atoms with Crippen molar-refractivity contribution in [2.75, 3.05) is 26.5 Å². The van der Waals surface area contributed by atoms with Gasteiger partial charge in [0.25, 0.3) is 0 Å². The van der Waals surface area contributed by atoms with E-state index in [-0.39, 0.29) is 35.8 Å². The van der Waals surface area contributed by atoms with Crippen molar-refractivity contribution in [3.8, 4) is 0 Å². The zero-order valence-corrected chi connectivity index (χ0v) is 18.1. The lowest BCUT2D eigenvalue weighted by Crippen LogP contribution is -2.37. The number of ether oxygens (including phenoxy) is 1. The molecule has 0 saturated carbocycles. The maximum Gasteiger partial charge on any atom is 0.305 e. The maximum absolute atomic E-state index is 13.4. The van der Waals surface area contributed by atoms with Crippen molar-refractivity contribution in [1.82, 2.24) is 10.6 Å². The van der Waals surface area contributed by atoms with Gasteiger partial charge in [0.1, 0.15) is 5.82 Å². The van der Waals surface area contributed by atoms with Crippen LogP contribution in [0, 0.1) is 5.82 Å².